The third-order valence-corrected chi connectivity index (χ3v) is 3.94. The van der Waals surface area contributed by atoms with Gasteiger partial charge in [0.15, 0.2) is 5.65 Å². The van der Waals surface area contributed by atoms with Gasteiger partial charge in [0, 0.05) is 18.5 Å². The lowest BCUT2D eigenvalue weighted by atomic mass is 10.00. The van der Waals surface area contributed by atoms with E-state index in [1.54, 1.807) is 4.90 Å². The summed E-state index contributed by atoms with van der Waals surface area (Å²) >= 11 is 0. The fraction of sp³-hybridized carbons (Fsp3) is 0.500. The van der Waals surface area contributed by atoms with Crippen LogP contribution >= 0.6 is 0 Å². The van der Waals surface area contributed by atoms with Crippen molar-refractivity contribution in [2.45, 2.75) is 25.9 Å². The highest BCUT2D eigenvalue weighted by molar-refractivity contribution is 5.87. The predicted octanol–water partition coefficient (Wildman–Crippen LogP) is 3.15. The zero-order valence-corrected chi connectivity index (χ0v) is 12.0. The maximum absolute atomic E-state index is 12.8. The van der Waals surface area contributed by atoms with Crippen LogP contribution in [0.5, 0.6) is 0 Å². The Morgan fingerprint density at radius 3 is 2.59 bits per heavy atom. The van der Waals surface area contributed by atoms with E-state index in [1.807, 2.05) is 0 Å². The first-order valence-corrected chi connectivity index (χ1v) is 7.07. The summed E-state index contributed by atoms with van der Waals surface area (Å²) in [5.74, 6) is 0.549. The van der Waals surface area contributed by atoms with Crippen LogP contribution in [0.4, 0.5) is 18.0 Å². The monoisotopic (exact) mass is 312 g/mol. The standard InChI is InChI=1S/C14H15F3N4O/c1-9-4-6-20(7-5-9)13(22)21-12-10(8-18-21)2-3-11(19-12)14(15,16)17/h2-3,8-9H,4-7H2,1H3. The molecule has 2 aromatic heterocycles. The lowest BCUT2D eigenvalue weighted by Gasteiger charge is -2.29. The molecule has 1 aliphatic rings. The minimum atomic E-state index is -4.55. The molecule has 1 aliphatic heterocycles. The number of hydrogen-bond donors (Lipinski definition) is 0. The van der Waals surface area contributed by atoms with Gasteiger partial charge in [0.05, 0.1) is 6.20 Å². The minimum Gasteiger partial charge on any atom is -0.323 e. The van der Waals surface area contributed by atoms with Crippen LogP contribution in [0.2, 0.25) is 0 Å². The molecule has 0 N–H and O–H groups in total. The topological polar surface area (TPSA) is 51.0 Å². The molecule has 2 aromatic rings. The van der Waals surface area contributed by atoms with Gasteiger partial charge >= 0.3 is 12.2 Å². The number of rotatable bonds is 0. The van der Waals surface area contributed by atoms with Crippen LogP contribution < -0.4 is 0 Å². The number of carbonyl (C=O) groups excluding carboxylic acids is 1. The Hall–Kier alpha value is -2.12. The van der Waals surface area contributed by atoms with Crippen molar-refractivity contribution in [3.05, 3.63) is 24.0 Å². The number of piperidine rings is 1. The lowest BCUT2D eigenvalue weighted by Crippen LogP contribution is -2.40. The maximum Gasteiger partial charge on any atom is 0.433 e. The fourth-order valence-corrected chi connectivity index (χ4v) is 2.54. The molecule has 0 unspecified atom stereocenters. The van der Waals surface area contributed by atoms with E-state index in [1.165, 1.54) is 12.3 Å². The number of likely N-dealkylation sites (tertiary alicyclic amines) is 1. The number of fused-ring (bicyclic) bond motifs is 1. The molecule has 0 aliphatic carbocycles. The van der Waals surface area contributed by atoms with Gasteiger partial charge in [-0.3, -0.25) is 0 Å². The summed E-state index contributed by atoms with van der Waals surface area (Å²) in [4.78, 5) is 17.6. The predicted molar refractivity (Wildman–Crippen MR) is 73.3 cm³/mol. The van der Waals surface area contributed by atoms with E-state index in [2.05, 4.69) is 17.0 Å². The molecule has 3 rings (SSSR count). The summed E-state index contributed by atoms with van der Waals surface area (Å²) in [5, 5.41) is 4.32. The number of hydrogen-bond acceptors (Lipinski definition) is 3. The minimum absolute atomic E-state index is 0.0570. The Kier molecular flexibility index (Phi) is 3.54. The highest BCUT2D eigenvalue weighted by atomic mass is 19.4. The van der Waals surface area contributed by atoms with Gasteiger partial charge in [0.1, 0.15) is 5.69 Å². The molecule has 118 valence electrons. The van der Waals surface area contributed by atoms with Gasteiger partial charge in [-0.15, -0.1) is 0 Å². The van der Waals surface area contributed by atoms with E-state index in [4.69, 9.17) is 0 Å². The van der Waals surface area contributed by atoms with Crippen molar-refractivity contribution in [2.24, 2.45) is 5.92 Å². The van der Waals surface area contributed by atoms with Crippen LogP contribution in [0.3, 0.4) is 0 Å². The van der Waals surface area contributed by atoms with Crippen molar-refractivity contribution in [3.63, 3.8) is 0 Å². The zero-order chi connectivity index (χ0) is 15.9. The van der Waals surface area contributed by atoms with Crippen LogP contribution in [0.25, 0.3) is 11.0 Å². The third-order valence-electron chi connectivity index (χ3n) is 3.94. The van der Waals surface area contributed by atoms with Crippen molar-refractivity contribution in [3.8, 4) is 0 Å². The molecule has 1 fully saturated rings. The van der Waals surface area contributed by atoms with Crippen LogP contribution in [0.15, 0.2) is 18.3 Å². The van der Waals surface area contributed by atoms with Crippen LogP contribution in [0, 0.1) is 5.92 Å². The quantitative estimate of drug-likeness (QED) is 0.751. The number of pyridine rings is 1. The van der Waals surface area contributed by atoms with Gasteiger partial charge in [-0.1, -0.05) is 6.92 Å². The summed E-state index contributed by atoms with van der Waals surface area (Å²) < 4.78 is 39.3. The van der Waals surface area contributed by atoms with Crippen LogP contribution in [-0.2, 0) is 6.18 Å². The molecule has 8 heteroatoms. The van der Waals surface area contributed by atoms with Crippen molar-refractivity contribution < 1.29 is 18.0 Å². The average Bonchev–Trinajstić information content (AvgIpc) is 2.89. The summed E-state index contributed by atoms with van der Waals surface area (Å²) in [5.41, 5.74) is -1.08. The largest absolute Gasteiger partial charge is 0.433 e. The molecule has 3 heterocycles. The second-order valence-electron chi connectivity index (χ2n) is 5.62. The molecule has 22 heavy (non-hydrogen) atoms. The van der Waals surface area contributed by atoms with Gasteiger partial charge in [0.2, 0.25) is 0 Å². The highest BCUT2D eigenvalue weighted by Gasteiger charge is 2.33. The van der Waals surface area contributed by atoms with E-state index in [0.29, 0.717) is 24.4 Å². The first kappa shape index (κ1) is 14.8. The first-order chi connectivity index (χ1) is 10.4. The molecule has 0 aromatic carbocycles. The van der Waals surface area contributed by atoms with Crippen molar-refractivity contribution in [1.29, 1.82) is 0 Å². The molecule has 5 nitrogen and oxygen atoms in total. The Balaban J connectivity index is 1.95. The van der Waals surface area contributed by atoms with E-state index in [0.717, 1.165) is 23.6 Å². The summed E-state index contributed by atoms with van der Waals surface area (Å²) in [7, 11) is 0. The van der Waals surface area contributed by atoms with Crippen molar-refractivity contribution in [1.82, 2.24) is 19.7 Å². The second-order valence-corrected chi connectivity index (χ2v) is 5.62. The lowest BCUT2D eigenvalue weighted by molar-refractivity contribution is -0.141. The first-order valence-electron chi connectivity index (χ1n) is 7.07. The Bertz CT molecular complexity index is 702. The molecule has 0 bridgehead atoms. The van der Waals surface area contributed by atoms with E-state index < -0.39 is 17.9 Å². The van der Waals surface area contributed by atoms with Crippen LogP contribution in [-0.4, -0.2) is 38.8 Å². The fourth-order valence-electron chi connectivity index (χ4n) is 2.54. The number of halogens is 3. The number of aromatic nitrogens is 3. The molecular weight excluding hydrogens is 297 g/mol. The summed E-state index contributed by atoms with van der Waals surface area (Å²) in [6.07, 6.45) is -1.43. The maximum atomic E-state index is 12.8. The average molecular weight is 312 g/mol. The molecule has 0 saturated carbocycles. The molecule has 0 atom stereocenters. The molecule has 0 spiro atoms. The molecule has 1 saturated heterocycles. The third kappa shape index (κ3) is 2.65. The smallest absolute Gasteiger partial charge is 0.323 e. The van der Waals surface area contributed by atoms with Gasteiger partial charge in [0.25, 0.3) is 0 Å². The summed E-state index contributed by atoms with van der Waals surface area (Å²) in [6.45, 7) is 3.28. The molecular formula is C14H15F3N4O. The van der Waals surface area contributed by atoms with Gasteiger partial charge in [-0.05, 0) is 30.9 Å². The van der Waals surface area contributed by atoms with Crippen LogP contribution in [0.1, 0.15) is 25.5 Å². The molecule has 0 radical (unpaired) electrons. The Labute approximate surface area is 124 Å². The van der Waals surface area contributed by atoms with Gasteiger partial charge in [-0.25, -0.2) is 9.78 Å². The highest BCUT2D eigenvalue weighted by Crippen LogP contribution is 2.29. The van der Waals surface area contributed by atoms with Gasteiger partial charge < -0.3 is 4.90 Å². The Morgan fingerprint density at radius 1 is 1.27 bits per heavy atom. The molecule has 1 amide bonds. The number of nitrogens with zero attached hydrogens (tertiary/aromatic N) is 4. The number of carbonyl (C=O) groups is 1. The Morgan fingerprint density at radius 2 is 1.95 bits per heavy atom. The van der Waals surface area contributed by atoms with Crippen molar-refractivity contribution in [2.75, 3.05) is 13.1 Å². The second kappa shape index (κ2) is 5.26. The van der Waals surface area contributed by atoms with E-state index >= 15 is 0 Å². The van der Waals surface area contributed by atoms with E-state index in [-0.39, 0.29) is 5.65 Å². The van der Waals surface area contributed by atoms with Gasteiger partial charge in [-0.2, -0.15) is 23.0 Å². The van der Waals surface area contributed by atoms with E-state index in [9.17, 15) is 18.0 Å². The number of amides is 1. The SMILES string of the molecule is CC1CCN(C(=O)n2ncc3ccc(C(F)(F)F)nc32)CC1. The zero-order valence-electron chi connectivity index (χ0n) is 12.0. The summed E-state index contributed by atoms with van der Waals surface area (Å²) in [6, 6.07) is 1.75. The number of alkyl halides is 3. The van der Waals surface area contributed by atoms with Crippen molar-refractivity contribution >= 4 is 17.1 Å². The normalized spacial score (nSPS) is 17.2.